The van der Waals surface area contributed by atoms with Crippen LogP contribution in [0.25, 0.3) is 6.08 Å². The van der Waals surface area contributed by atoms with E-state index in [2.05, 4.69) is 43.0 Å². The summed E-state index contributed by atoms with van der Waals surface area (Å²) in [5, 5.41) is 10.4. The van der Waals surface area contributed by atoms with Crippen LogP contribution in [-0.2, 0) is 9.47 Å². The molecule has 1 aromatic carbocycles. The van der Waals surface area contributed by atoms with Crippen LogP contribution >= 0.6 is 23.5 Å². The molecule has 1 aliphatic rings. The largest absolute Gasteiger partial charge is 0.393 e. The molecule has 1 N–H and O–H groups in total. The van der Waals surface area contributed by atoms with Gasteiger partial charge in [-0.2, -0.15) is 0 Å². The molecule has 0 spiro atoms. The Labute approximate surface area is 179 Å². The van der Waals surface area contributed by atoms with Crippen molar-refractivity contribution in [3.63, 3.8) is 0 Å². The normalized spacial score (nSPS) is 20.0. The van der Waals surface area contributed by atoms with Gasteiger partial charge in [0.1, 0.15) is 0 Å². The van der Waals surface area contributed by atoms with E-state index in [1.54, 1.807) is 6.08 Å². The van der Waals surface area contributed by atoms with Gasteiger partial charge in [0, 0.05) is 19.4 Å². The highest BCUT2D eigenvalue weighted by Crippen LogP contribution is 2.48. The second-order valence-corrected chi connectivity index (χ2v) is 10.1. The topological polar surface area (TPSA) is 38.7 Å². The smallest absolute Gasteiger partial charge is 0.155 e. The highest BCUT2D eigenvalue weighted by Gasteiger charge is 2.35. The maximum atomic E-state index is 10.4. The lowest BCUT2D eigenvalue weighted by Crippen LogP contribution is -2.34. The molecule has 0 saturated carbocycles. The third-order valence-electron chi connectivity index (χ3n) is 4.58. The first kappa shape index (κ1) is 23.6. The number of aliphatic hydroxyl groups excluding tert-OH is 1. The van der Waals surface area contributed by atoms with Crippen LogP contribution in [0.1, 0.15) is 45.1 Å². The zero-order valence-electron chi connectivity index (χ0n) is 17.1. The molecule has 1 aromatic rings. The average Bonchev–Trinajstić information content (AvgIpc) is 2.68. The molecule has 156 valence electrons. The number of hydrogen-bond donors (Lipinski definition) is 1. The minimum absolute atomic E-state index is 0.0431. The number of rotatable bonds is 12. The second kappa shape index (κ2) is 12.8. The van der Waals surface area contributed by atoms with Crippen LogP contribution in [0.5, 0.6) is 0 Å². The molecule has 1 heterocycles. The van der Waals surface area contributed by atoms with Gasteiger partial charge < -0.3 is 14.6 Å². The number of thioether (sulfide) groups is 2. The van der Waals surface area contributed by atoms with E-state index in [9.17, 15) is 5.11 Å². The monoisotopic (exact) mass is 422 g/mol. The summed E-state index contributed by atoms with van der Waals surface area (Å²) in [7, 11) is 0. The van der Waals surface area contributed by atoms with E-state index in [-0.39, 0.29) is 16.5 Å². The molecule has 5 heteroatoms. The van der Waals surface area contributed by atoms with E-state index in [1.165, 1.54) is 12.0 Å². The van der Waals surface area contributed by atoms with Crippen molar-refractivity contribution in [2.24, 2.45) is 0 Å². The molecule has 1 aliphatic heterocycles. The minimum atomic E-state index is -0.440. The summed E-state index contributed by atoms with van der Waals surface area (Å²) in [5.74, 6) is 2.30. The van der Waals surface area contributed by atoms with Crippen LogP contribution < -0.4 is 0 Å². The number of hydrogen-bond acceptors (Lipinski definition) is 5. The van der Waals surface area contributed by atoms with Gasteiger partial charge in [-0.25, -0.2) is 0 Å². The maximum absolute atomic E-state index is 10.4. The van der Waals surface area contributed by atoms with Crippen molar-refractivity contribution in [3.8, 4) is 0 Å². The van der Waals surface area contributed by atoms with Crippen molar-refractivity contribution in [1.82, 2.24) is 0 Å². The van der Waals surface area contributed by atoms with Gasteiger partial charge in [0.05, 0.1) is 16.3 Å². The van der Waals surface area contributed by atoms with E-state index >= 15 is 0 Å². The third kappa shape index (κ3) is 8.34. The van der Waals surface area contributed by atoms with Crippen molar-refractivity contribution in [1.29, 1.82) is 0 Å². The van der Waals surface area contributed by atoms with Gasteiger partial charge in [0.25, 0.3) is 0 Å². The van der Waals surface area contributed by atoms with Gasteiger partial charge >= 0.3 is 0 Å². The Hall–Kier alpha value is -0.720. The SMILES string of the molecule is C=CC[C@H](O)C[C@H](CC1(/C=C/c2ccccc2)SCCCS1)OC(C)OCC. The summed E-state index contributed by atoms with van der Waals surface area (Å²) in [4.78, 5) is 0. The van der Waals surface area contributed by atoms with E-state index < -0.39 is 6.10 Å². The van der Waals surface area contributed by atoms with Gasteiger partial charge in [-0.3, -0.25) is 0 Å². The van der Waals surface area contributed by atoms with Crippen molar-refractivity contribution < 1.29 is 14.6 Å². The predicted octanol–water partition coefficient (Wildman–Crippen LogP) is 5.75. The average molecular weight is 423 g/mol. The van der Waals surface area contributed by atoms with Crippen molar-refractivity contribution in [2.75, 3.05) is 18.1 Å². The first-order chi connectivity index (χ1) is 13.6. The fraction of sp³-hybridized carbons (Fsp3) is 0.565. The van der Waals surface area contributed by atoms with Gasteiger partial charge in [-0.05, 0) is 43.8 Å². The van der Waals surface area contributed by atoms with E-state index in [1.807, 2.05) is 43.4 Å². The summed E-state index contributed by atoms with van der Waals surface area (Å²) >= 11 is 3.99. The summed E-state index contributed by atoms with van der Waals surface area (Å²) in [6.45, 7) is 8.27. The molecule has 0 radical (unpaired) electrons. The molecule has 1 unspecified atom stereocenters. The van der Waals surface area contributed by atoms with Crippen LogP contribution in [0.15, 0.2) is 49.1 Å². The molecule has 0 aliphatic carbocycles. The Morgan fingerprint density at radius 2 is 1.96 bits per heavy atom. The summed E-state index contributed by atoms with van der Waals surface area (Å²) < 4.78 is 11.8. The van der Waals surface area contributed by atoms with Gasteiger partial charge in [-0.1, -0.05) is 48.6 Å². The zero-order valence-corrected chi connectivity index (χ0v) is 18.7. The second-order valence-electron chi connectivity index (χ2n) is 7.01. The maximum Gasteiger partial charge on any atom is 0.155 e. The molecule has 2 rings (SSSR count). The first-order valence-corrected chi connectivity index (χ1v) is 12.1. The predicted molar refractivity (Wildman–Crippen MR) is 124 cm³/mol. The summed E-state index contributed by atoms with van der Waals surface area (Å²) in [6.07, 6.45) is 8.77. The highest BCUT2D eigenvalue weighted by molar-refractivity contribution is 8.19. The third-order valence-corrected chi connectivity index (χ3v) is 7.86. The minimum Gasteiger partial charge on any atom is -0.393 e. The van der Waals surface area contributed by atoms with E-state index in [4.69, 9.17) is 9.47 Å². The molecule has 1 fully saturated rings. The lowest BCUT2D eigenvalue weighted by Gasteiger charge is -2.37. The molecule has 28 heavy (non-hydrogen) atoms. The fourth-order valence-corrected chi connectivity index (χ4v) is 6.52. The molecular weight excluding hydrogens is 388 g/mol. The number of benzene rings is 1. The van der Waals surface area contributed by atoms with Crippen LogP contribution in [-0.4, -0.2) is 45.8 Å². The Bertz CT molecular complexity index is 585. The van der Waals surface area contributed by atoms with Gasteiger partial charge in [0.15, 0.2) is 6.29 Å². The van der Waals surface area contributed by atoms with Crippen LogP contribution in [0.2, 0.25) is 0 Å². The van der Waals surface area contributed by atoms with E-state index in [0.29, 0.717) is 19.4 Å². The van der Waals surface area contributed by atoms with Crippen molar-refractivity contribution in [3.05, 3.63) is 54.6 Å². The quantitative estimate of drug-likeness (QED) is 0.343. The fourth-order valence-electron chi connectivity index (χ4n) is 3.30. The Kier molecular flexibility index (Phi) is 10.7. The number of ether oxygens (including phenoxy) is 2. The standard InChI is InChI=1S/C23H34O3S2/c1-4-10-21(24)17-22(26-19(3)25-5-2)18-23(27-15-9-16-28-23)14-13-20-11-7-6-8-12-20/h4,6-8,11-14,19,21-22,24H,1,5,9-10,15-18H2,2-3H3/b14-13+/t19?,21-,22+/m0/s1. The Balaban J connectivity index is 2.15. The van der Waals surface area contributed by atoms with Gasteiger partial charge in [-0.15, -0.1) is 30.1 Å². The summed E-state index contributed by atoms with van der Waals surface area (Å²) in [6, 6.07) is 10.4. The van der Waals surface area contributed by atoms with Crippen LogP contribution in [0.4, 0.5) is 0 Å². The molecule has 3 atom stereocenters. The zero-order chi connectivity index (χ0) is 20.2. The molecular formula is C23H34O3S2. The van der Waals surface area contributed by atoms with Crippen molar-refractivity contribution >= 4 is 29.6 Å². The van der Waals surface area contributed by atoms with E-state index in [0.717, 1.165) is 17.9 Å². The number of aliphatic hydroxyl groups is 1. The van der Waals surface area contributed by atoms with Crippen LogP contribution in [0.3, 0.4) is 0 Å². The Morgan fingerprint density at radius 1 is 1.25 bits per heavy atom. The Morgan fingerprint density at radius 3 is 2.61 bits per heavy atom. The lowest BCUT2D eigenvalue weighted by atomic mass is 10.0. The van der Waals surface area contributed by atoms with Crippen molar-refractivity contribution in [2.45, 2.75) is 62.1 Å². The highest BCUT2D eigenvalue weighted by atomic mass is 32.2. The molecule has 3 nitrogen and oxygen atoms in total. The van der Waals surface area contributed by atoms with Gasteiger partial charge in [0.2, 0.25) is 0 Å². The molecule has 0 bridgehead atoms. The summed E-state index contributed by atoms with van der Waals surface area (Å²) in [5.41, 5.74) is 1.21. The lowest BCUT2D eigenvalue weighted by molar-refractivity contribution is -0.164. The first-order valence-electron chi connectivity index (χ1n) is 10.1. The van der Waals surface area contributed by atoms with Crippen LogP contribution in [0, 0.1) is 0 Å². The molecule has 0 aromatic heterocycles. The molecule has 0 amide bonds. The molecule has 1 saturated heterocycles.